The molecule has 3 atom stereocenters. The minimum absolute atomic E-state index is 0.236. The van der Waals surface area contributed by atoms with Crippen molar-refractivity contribution in [1.29, 1.82) is 0 Å². The Bertz CT molecular complexity index is 827. The number of fused-ring (bicyclic) bond motifs is 2. The van der Waals surface area contributed by atoms with E-state index in [0.717, 1.165) is 50.7 Å². The Kier molecular flexibility index (Phi) is 5.28. The van der Waals surface area contributed by atoms with Gasteiger partial charge in [0, 0.05) is 50.0 Å². The van der Waals surface area contributed by atoms with Crippen molar-refractivity contribution in [2.45, 2.75) is 32.2 Å². The number of hydrogen-bond donors (Lipinski definition) is 1. The van der Waals surface area contributed by atoms with Crippen LogP contribution in [0, 0.1) is 17.8 Å². The second kappa shape index (κ2) is 8.19. The molecule has 2 aromatic carbocycles. The fraction of sp³-hybridized carbons (Fsp3) is 0.480. The molecule has 0 radical (unpaired) electrons. The number of rotatable bonds is 5. The Morgan fingerprint density at radius 1 is 0.897 bits per heavy atom. The number of nitrogens with one attached hydrogen (secondary N) is 1. The molecular formula is C25H31N3O. The first-order valence-electron chi connectivity index (χ1n) is 11.2. The monoisotopic (exact) mass is 389 g/mol. The molecule has 3 unspecified atom stereocenters. The van der Waals surface area contributed by atoms with E-state index in [9.17, 15) is 4.79 Å². The molecule has 1 heterocycles. The SMILES string of the molecule is O=C(Nc1ccc(N2CCN(Cc3ccccc3)CC2)cc1)C1CC2CCC1C2. The molecule has 2 bridgehead atoms. The van der Waals surface area contributed by atoms with Gasteiger partial charge in [0.15, 0.2) is 0 Å². The third kappa shape index (κ3) is 4.18. The maximum absolute atomic E-state index is 12.7. The van der Waals surface area contributed by atoms with E-state index in [0.29, 0.717) is 5.92 Å². The van der Waals surface area contributed by atoms with Crippen LogP contribution in [0.25, 0.3) is 0 Å². The van der Waals surface area contributed by atoms with Gasteiger partial charge in [0.2, 0.25) is 5.91 Å². The zero-order chi connectivity index (χ0) is 19.6. The first kappa shape index (κ1) is 18.7. The van der Waals surface area contributed by atoms with Crippen molar-refractivity contribution in [3.63, 3.8) is 0 Å². The summed E-state index contributed by atoms with van der Waals surface area (Å²) in [6.07, 6.45) is 4.95. The van der Waals surface area contributed by atoms with Crippen LogP contribution < -0.4 is 10.2 Å². The Hall–Kier alpha value is -2.33. The predicted octanol–water partition coefficient (Wildman–Crippen LogP) is 4.38. The molecule has 1 saturated heterocycles. The van der Waals surface area contributed by atoms with Crippen molar-refractivity contribution >= 4 is 17.3 Å². The van der Waals surface area contributed by atoms with E-state index in [1.165, 1.54) is 30.5 Å². The van der Waals surface area contributed by atoms with Crippen molar-refractivity contribution in [3.05, 3.63) is 60.2 Å². The van der Waals surface area contributed by atoms with Crippen LogP contribution in [-0.2, 0) is 11.3 Å². The van der Waals surface area contributed by atoms with E-state index >= 15 is 0 Å². The summed E-state index contributed by atoms with van der Waals surface area (Å²) >= 11 is 0. The third-order valence-electron chi connectivity index (χ3n) is 7.20. The molecule has 0 aromatic heterocycles. The van der Waals surface area contributed by atoms with Gasteiger partial charge in [0.25, 0.3) is 0 Å². The van der Waals surface area contributed by atoms with Crippen molar-refractivity contribution < 1.29 is 4.79 Å². The number of carbonyl (C=O) groups excluding carboxylic acids is 1. The number of nitrogens with zero attached hydrogens (tertiary/aromatic N) is 2. The van der Waals surface area contributed by atoms with Gasteiger partial charge in [-0.1, -0.05) is 36.8 Å². The number of amides is 1. The van der Waals surface area contributed by atoms with Gasteiger partial charge >= 0.3 is 0 Å². The average Bonchev–Trinajstić information content (AvgIpc) is 3.40. The summed E-state index contributed by atoms with van der Waals surface area (Å²) in [5.74, 6) is 1.91. The Labute approximate surface area is 173 Å². The van der Waals surface area contributed by atoms with Gasteiger partial charge in [0.1, 0.15) is 0 Å². The highest BCUT2D eigenvalue weighted by Crippen LogP contribution is 2.48. The van der Waals surface area contributed by atoms with Crippen LogP contribution in [0.5, 0.6) is 0 Å². The molecule has 3 fully saturated rings. The summed E-state index contributed by atoms with van der Waals surface area (Å²) in [4.78, 5) is 17.6. The van der Waals surface area contributed by atoms with Crippen molar-refractivity contribution in [3.8, 4) is 0 Å². The van der Waals surface area contributed by atoms with Crippen LogP contribution in [0.1, 0.15) is 31.2 Å². The van der Waals surface area contributed by atoms with E-state index in [4.69, 9.17) is 0 Å². The van der Waals surface area contributed by atoms with Gasteiger partial charge in [-0.2, -0.15) is 0 Å². The largest absolute Gasteiger partial charge is 0.369 e. The lowest BCUT2D eigenvalue weighted by Gasteiger charge is -2.36. The van der Waals surface area contributed by atoms with Crippen LogP contribution in [0.15, 0.2) is 54.6 Å². The Morgan fingerprint density at radius 2 is 1.66 bits per heavy atom. The molecule has 1 aliphatic heterocycles. The minimum Gasteiger partial charge on any atom is -0.369 e. The highest BCUT2D eigenvalue weighted by Gasteiger charge is 2.43. The number of benzene rings is 2. The second-order valence-electron chi connectivity index (χ2n) is 9.07. The first-order chi connectivity index (χ1) is 14.2. The van der Waals surface area contributed by atoms with Crippen LogP contribution in [0.3, 0.4) is 0 Å². The normalized spacial score (nSPS) is 26.6. The molecule has 2 saturated carbocycles. The summed E-state index contributed by atoms with van der Waals surface area (Å²) in [5.41, 5.74) is 3.57. The zero-order valence-corrected chi connectivity index (χ0v) is 17.1. The Balaban J connectivity index is 1.12. The second-order valence-corrected chi connectivity index (χ2v) is 9.07. The molecule has 29 heavy (non-hydrogen) atoms. The number of piperazine rings is 1. The van der Waals surface area contributed by atoms with E-state index in [2.05, 4.69) is 69.7 Å². The van der Waals surface area contributed by atoms with E-state index < -0.39 is 0 Å². The lowest BCUT2D eigenvalue weighted by atomic mass is 9.88. The molecular weight excluding hydrogens is 358 g/mol. The van der Waals surface area contributed by atoms with Gasteiger partial charge in [-0.3, -0.25) is 9.69 Å². The maximum Gasteiger partial charge on any atom is 0.227 e. The number of hydrogen-bond acceptors (Lipinski definition) is 3. The summed E-state index contributed by atoms with van der Waals surface area (Å²) in [6, 6.07) is 19.2. The number of anilines is 2. The Morgan fingerprint density at radius 3 is 2.31 bits per heavy atom. The summed E-state index contributed by atoms with van der Waals surface area (Å²) in [7, 11) is 0. The van der Waals surface area contributed by atoms with Crippen LogP contribution in [0.2, 0.25) is 0 Å². The topological polar surface area (TPSA) is 35.6 Å². The molecule has 5 rings (SSSR count). The fourth-order valence-electron chi connectivity index (χ4n) is 5.56. The van der Waals surface area contributed by atoms with Crippen molar-refractivity contribution in [2.75, 3.05) is 36.4 Å². The molecule has 3 aliphatic rings. The highest BCUT2D eigenvalue weighted by molar-refractivity contribution is 5.93. The van der Waals surface area contributed by atoms with Gasteiger partial charge < -0.3 is 10.2 Å². The molecule has 1 N–H and O–H groups in total. The zero-order valence-electron chi connectivity index (χ0n) is 17.1. The van der Waals surface area contributed by atoms with Gasteiger partial charge in [-0.15, -0.1) is 0 Å². The first-order valence-corrected chi connectivity index (χ1v) is 11.2. The van der Waals surface area contributed by atoms with Gasteiger partial charge in [-0.25, -0.2) is 0 Å². The lowest BCUT2D eigenvalue weighted by Crippen LogP contribution is -2.45. The lowest BCUT2D eigenvalue weighted by molar-refractivity contribution is -0.121. The molecule has 4 heteroatoms. The molecule has 2 aromatic rings. The molecule has 0 spiro atoms. The molecule has 1 amide bonds. The maximum atomic E-state index is 12.7. The van der Waals surface area contributed by atoms with Crippen molar-refractivity contribution in [2.24, 2.45) is 17.8 Å². The fourth-order valence-corrected chi connectivity index (χ4v) is 5.56. The van der Waals surface area contributed by atoms with E-state index in [1.54, 1.807) is 0 Å². The summed E-state index contributed by atoms with van der Waals surface area (Å²) in [6.45, 7) is 5.28. The van der Waals surface area contributed by atoms with E-state index in [-0.39, 0.29) is 11.8 Å². The summed E-state index contributed by atoms with van der Waals surface area (Å²) < 4.78 is 0. The predicted molar refractivity (Wildman–Crippen MR) is 118 cm³/mol. The quantitative estimate of drug-likeness (QED) is 0.824. The van der Waals surface area contributed by atoms with Crippen molar-refractivity contribution in [1.82, 2.24) is 4.90 Å². The standard InChI is InChI=1S/C25H31N3O/c29-25(24-17-20-6-7-21(24)16-20)26-22-8-10-23(11-9-22)28-14-12-27(13-15-28)18-19-4-2-1-3-5-19/h1-5,8-11,20-21,24H,6-7,12-18H2,(H,26,29). The van der Waals surface area contributed by atoms with E-state index in [1.807, 2.05) is 0 Å². The molecule has 152 valence electrons. The molecule has 2 aliphatic carbocycles. The average molecular weight is 390 g/mol. The molecule has 4 nitrogen and oxygen atoms in total. The van der Waals surface area contributed by atoms with Crippen LogP contribution >= 0.6 is 0 Å². The van der Waals surface area contributed by atoms with Gasteiger partial charge in [-0.05, 0) is 60.9 Å². The highest BCUT2D eigenvalue weighted by atomic mass is 16.1. The summed E-state index contributed by atoms with van der Waals surface area (Å²) in [5, 5.41) is 3.17. The smallest absolute Gasteiger partial charge is 0.227 e. The third-order valence-corrected chi connectivity index (χ3v) is 7.20. The number of carbonyl (C=O) groups is 1. The van der Waals surface area contributed by atoms with Crippen LogP contribution in [-0.4, -0.2) is 37.0 Å². The van der Waals surface area contributed by atoms with Crippen LogP contribution in [0.4, 0.5) is 11.4 Å². The minimum atomic E-state index is 0.236. The van der Waals surface area contributed by atoms with Gasteiger partial charge in [0.05, 0.1) is 0 Å².